The van der Waals surface area contributed by atoms with E-state index in [0.717, 1.165) is 25.1 Å². The van der Waals surface area contributed by atoms with E-state index in [1.807, 2.05) is 12.1 Å². The van der Waals surface area contributed by atoms with Gasteiger partial charge >= 0.3 is 0 Å². The topological polar surface area (TPSA) is 75.4 Å². The molecule has 0 atom stereocenters. The van der Waals surface area contributed by atoms with E-state index < -0.39 is 5.91 Å². The van der Waals surface area contributed by atoms with Gasteiger partial charge in [0.05, 0.1) is 6.54 Å². The molecular formula is C18H19N3O2. The Morgan fingerprint density at radius 2 is 1.83 bits per heavy atom. The second kappa shape index (κ2) is 6.52. The number of fused-ring (bicyclic) bond motifs is 1. The Morgan fingerprint density at radius 1 is 1.09 bits per heavy atom. The van der Waals surface area contributed by atoms with Crippen molar-refractivity contribution < 1.29 is 9.59 Å². The second-order valence-corrected chi connectivity index (χ2v) is 5.64. The summed E-state index contributed by atoms with van der Waals surface area (Å²) in [6.07, 6.45) is 2.11. The highest BCUT2D eigenvalue weighted by Gasteiger charge is 2.18. The van der Waals surface area contributed by atoms with Gasteiger partial charge in [0, 0.05) is 23.5 Å². The Balaban J connectivity index is 1.65. The van der Waals surface area contributed by atoms with E-state index in [4.69, 9.17) is 5.73 Å². The lowest BCUT2D eigenvalue weighted by Gasteiger charge is -2.30. The summed E-state index contributed by atoms with van der Waals surface area (Å²) < 4.78 is 0. The number of primary amides is 1. The van der Waals surface area contributed by atoms with Crippen LogP contribution in [0.3, 0.4) is 0 Å². The highest BCUT2D eigenvalue weighted by atomic mass is 16.2. The molecule has 0 aromatic heterocycles. The minimum Gasteiger partial charge on any atom is -0.366 e. The number of para-hydroxylation sites is 1. The van der Waals surface area contributed by atoms with Crippen molar-refractivity contribution in [1.29, 1.82) is 0 Å². The summed E-state index contributed by atoms with van der Waals surface area (Å²) >= 11 is 0. The zero-order valence-electron chi connectivity index (χ0n) is 12.8. The minimum absolute atomic E-state index is 0.0754. The van der Waals surface area contributed by atoms with Crippen LogP contribution in [-0.4, -0.2) is 24.9 Å². The summed E-state index contributed by atoms with van der Waals surface area (Å²) in [6, 6.07) is 14.8. The van der Waals surface area contributed by atoms with Gasteiger partial charge in [-0.1, -0.05) is 18.2 Å². The van der Waals surface area contributed by atoms with Gasteiger partial charge in [0.25, 0.3) is 0 Å². The molecule has 0 saturated heterocycles. The second-order valence-electron chi connectivity index (χ2n) is 5.64. The molecule has 118 valence electrons. The first kappa shape index (κ1) is 15.1. The van der Waals surface area contributed by atoms with Crippen molar-refractivity contribution >= 4 is 23.2 Å². The van der Waals surface area contributed by atoms with Crippen LogP contribution in [0.25, 0.3) is 0 Å². The summed E-state index contributed by atoms with van der Waals surface area (Å²) in [6.45, 7) is 1.19. The molecule has 2 aromatic rings. The Bertz CT molecular complexity index is 725. The Labute approximate surface area is 135 Å². The summed E-state index contributed by atoms with van der Waals surface area (Å²) in [5.41, 5.74) is 8.71. The highest BCUT2D eigenvalue weighted by molar-refractivity contribution is 5.96. The molecule has 5 heteroatoms. The van der Waals surface area contributed by atoms with E-state index in [9.17, 15) is 9.59 Å². The van der Waals surface area contributed by atoms with E-state index in [0.29, 0.717) is 17.8 Å². The quantitative estimate of drug-likeness (QED) is 0.909. The first-order valence-corrected chi connectivity index (χ1v) is 7.66. The van der Waals surface area contributed by atoms with Crippen LogP contribution in [0, 0.1) is 0 Å². The SMILES string of the molecule is NC(=O)c1ccc(NC(=O)CN2CCCc3ccccc32)cc1. The van der Waals surface area contributed by atoms with Crippen LogP contribution in [-0.2, 0) is 11.2 Å². The maximum absolute atomic E-state index is 12.3. The van der Waals surface area contributed by atoms with E-state index >= 15 is 0 Å². The molecule has 1 aliphatic heterocycles. The van der Waals surface area contributed by atoms with E-state index in [-0.39, 0.29) is 5.91 Å². The van der Waals surface area contributed by atoms with Gasteiger partial charge in [0.2, 0.25) is 11.8 Å². The molecule has 2 amide bonds. The van der Waals surface area contributed by atoms with Crippen LogP contribution in [0.1, 0.15) is 22.3 Å². The van der Waals surface area contributed by atoms with Crippen LogP contribution in [0.4, 0.5) is 11.4 Å². The molecule has 5 nitrogen and oxygen atoms in total. The molecule has 3 rings (SSSR count). The summed E-state index contributed by atoms with van der Waals surface area (Å²) in [5, 5.41) is 2.85. The molecular weight excluding hydrogens is 290 g/mol. The standard InChI is InChI=1S/C18H19N3O2/c19-18(23)14-7-9-15(10-8-14)20-17(22)12-21-11-3-5-13-4-1-2-6-16(13)21/h1-2,4,6-10H,3,5,11-12H2,(H2,19,23)(H,20,22). The molecule has 23 heavy (non-hydrogen) atoms. The predicted molar refractivity (Wildman–Crippen MR) is 90.6 cm³/mol. The van der Waals surface area contributed by atoms with Crippen molar-refractivity contribution in [2.45, 2.75) is 12.8 Å². The molecule has 0 saturated carbocycles. The fourth-order valence-electron chi connectivity index (χ4n) is 2.87. The first-order valence-electron chi connectivity index (χ1n) is 7.66. The Morgan fingerprint density at radius 3 is 2.57 bits per heavy atom. The van der Waals surface area contributed by atoms with Crippen molar-refractivity contribution in [1.82, 2.24) is 0 Å². The normalized spacial score (nSPS) is 13.3. The molecule has 2 aromatic carbocycles. The molecule has 0 spiro atoms. The number of benzene rings is 2. The third-order valence-electron chi connectivity index (χ3n) is 3.99. The maximum atomic E-state index is 12.3. The van der Waals surface area contributed by atoms with Gasteiger partial charge in [-0.25, -0.2) is 0 Å². The maximum Gasteiger partial charge on any atom is 0.248 e. The number of nitrogens with zero attached hydrogens (tertiary/aromatic N) is 1. The van der Waals surface area contributed by atoms with Gasteiger partial charge in [-0.3, -0.25) is 9.59 Å². The molecule has 1 aliphatic rings. The molecule has 0 bridgehead atoms. The molecule has 3 N–H and O–H groups in total. The van der Waals surface area contributed by atoms with Gasteiger partial charge < -0.3 is 16.0 Å². The minimum atomic E-state index is -0.479. The zero-order chi connectivity index (χ0) is 16.2. The van der Waals surface area contributed by atoms with Crippen LogP contribution in [0.2, 0.25) is 0 Å². The summed E-state index contributed by atoms with van der Waals surface area (Å²) in [4.78, 5) is 25.4. The smallest absolute Gasteiger partial charge is 0.248 e. The fraction of sp³-hybridized carbons (Fsp3) is 0.222. The number of nitrogens with two attached hydrogens (primary N) is 1. The first-order chi connectivity index (χ1) is 11.1. The van der Waals surface area contributed by atoms with Crippen LogP contribution in [0.15, 0.2) is 48.5 Å². The number of anilines is 2. The monoisotopic (exact) mass is 309 g/mol. The summed E-state index contributed by atoms with van der Waals surface area (Å²) in [7, 11) is 0. The fourth-order valence-corrected chi connectivity index (χ4v) is 2.87. The number of hydrogen-bond donors (Lipinski definition) is 2. The largest absolute Gasteiger partial charge is 0.366 e. The van der Waals surface area contributed by atoms with Crippen LogP contribution in [0.5, 0.6) is 0 Å². The van der Waals surface area contributed by atoms with Gasteiger partial charge in [-0.05, 0) is 48.7 Å². The van der Waals surface area contributed by atoms with Crippen LogP contribution >= 0.6 is 0 Å². The van der Waals surface area contributed by atoms with Crippen molar-refractivity contribution in [2.75, 3.05) is 23.3 Å². The van der Waals surface area contributed by atoms with Crippen molar-refractivity contribution in [3.63, 3.8) is 0 Å². The Hall–Kier alpha value is -2.82. The third kappa shape index (κ3) is 3.51. The van der Waals surface area contributed by atoms with E-state index in [2.05, 4.69) is 22.3 Å². The molecule has 0 fully saturated rings. The lowest BCUT2D eigenvalue weighted by Crippen LogP contribution is -2.36. The number of rotatable bonds is 4. The molecule has 0 radical (unpaired) electrons. The Kier molecular flexibility index (Phi) is 4.28. The lowest BCUT2D eigenvalue weighted by molar-refractivity contribution is -0.115. The van der Waals surface area contributed by atoms with Gasteiger partial charge in [0.1, 0.15) is 0 Å². The number of carbonyl (C=O) groups excluding carboxylic acids is 2. The molecule has 0 aliphatic carbocycles. The summed E-state index contributed by atoms with van der Waals surface area (Å²) in [5.74, 6) is -0.554. The van der Waals surface area contributed by atoms with Gasteiger partial charge in [-0.2, -0.15) is 0 Å². The number of carbonyl (C=O) groups is 2. The van der Waals surface area contributed by atoms with Gasteiger partial charge in [0.15, 0.2) is 0 Å². The number of hydrogen-bond acceptors (Lipinski definition) is 3. The zero-order valence-corrected chi connectivity index (χ0v) is 12.8. The average Bonchev–Trinajstić information content (AvgIpc) is 2.55. The van der Waals surface area contributed by atoms with Gasteiger partial charge in [-0.15, -0.1) is 0 Å². The van der Waals surface area contributed by atoms with Crippen molar-refractivity contribution in [2.24, 2.45) is 5.73 Å². The average molecular weight is 309 g/mol. The predicted octanol–water partition coefficient (Wildman–Crippen LogP) is 2.18. The van der Waals surface area contributed by atoms with E-state index in [1.165, 1.54) is 5.56 Å². The number of nitrogens with one attached hydrogen (secondary N) is 1. The number of amides is 2. The van der Waals surface area contributed by atoms with Crippen molar-refractivity contribution in [3.05, 3.63) is 59.7 Å². The van der Waals surface area contributed by atoms with E-state index in [1.54, 1.807) is 24.3 Å². The molecule has 1 heterocycles. The lowest BCUT2D eigenvalue weighted by atomic mass is 10.0. The molecule has 0 unspecified atom stereocenters. The highest BCUT2D eigenvalue weighted by Crippen LogP contribution is 2.26. The van der Waals surface area contributed by atoms with Crippen molar-refractivity contribution in [3.8, 4) is 0 Å². The number of aryl methyl sites for hydroxylation is 1. The van der Waals surface area contributed by atoms with Crippen LogP contribution < -0.4 is 16.0 Å². The third-order valence-corrected chi connectivity index (χ3v) is 3.99.